The molecule has 1 aliphatic rings. The highest BCUT2D eigenvalue weighted by Gasteiger charge is 2.28. The van der Waals surface area contributed by atoms with Crippen LogP contribution < -0.4 is 10.2 Å². The molecule has 0 unspecified atom stereocenters. The number of aromatic nitrogens is 2. The maximum absolute atomic E-state index is 11.3. The summed E-state index contributed by atoms with van der Waals surface area (Å²) in [6.07, 6.45) is 2.20. The van der Waals surface area contributed by atoms with Crippen LogP contribution in [0.3, 0.4) is 0 Å². The number of nitro groups is 1. The highest BCUT2D eigenvalue weighted by atomic mass is 16.6. The van der Waals surface area contributed by atoms with Crippen LogP contribution in [-0.2, 0) is 0 Å². The van der Waals surface area contributed by atoms with E-state index in [0.29, 0.717) is 31.1 Å². The van der Waals surface area contributed by atoms with Crippen molar-refractivity contribution in [3.05, 3.63) is 46.8 Å². The summed E-state index contributed by atoms with van der Waals surface area (Å²) in [5, 5.41) is 23.4. The van der Waals surface area contributed by atoms with Crippen LogP contribution in [0.2, 0.25) is 0 Å². The molecular formula is C16H18N6O4. The number of carboxylic acid groups (broad SMARTS) is 1. The number of pyridine rings is 2. The van der Waals surface area contributed by atoms with E-state index in [2.05, 4.69) is 15.3 Å². The van der Waals surface area contributed by atoms with Gasteiger partial charge in [0, 0.05) is 49.8 Å². The molecule has 3 rings (SSSR count). The van der Waals surface area contributed by atoms with Crippen LogP contribution >= 0.6 is 0 Å². The lowest BCUT2D eigenvalue weighted by molar-refractivity contribution is -0.384. The summed E-state index contributed by atoms with van der Waals surface area (Å²) >= 11 is 0. The molecule has 1 amide bonds. The molecule has 0 radical (unpaired) electrons. The van der Waals surface area contributed by atoms with Crippen LogP contribution in [0.4, 0.5) is 27.8 Å². The Morgan fingerprint density at radius 3 is 2.65 bits per heavy atom. The molecule has 0 saturated carbocycles. The number of nitrogens with zero attached hydrogens (tertiary/aromatic N) is 5. The Labute approximate surface area is 149 Å². The van der Waals surface area contributed by atoms with Crippen LogP contribution in [-0.4, -0.2) is 56.7 Å². The normalized spacial score (nSPS) is 17.0. The van der Waals surface area contributed by atoms with E-state index >= 15 is 0 Å². The van der Waals surface area contributed by atoms with Gasteiger partial charge >= 0.3 is 11.8 Å². The highest BCUT2D eigenvalue weighted by Crippen LogP contribution is 2.29. The molecule has 26 heavy (non-hydrogen) atoms. The zero-order chi connectivity index (χ0) is 18.7. The van der Waals surface area contributed by atoms with E-state index in [-0.39, 0.29) is 17.5 Å². The first-order valence-corrected chi connectivity index (χ1v) is 8.02. The van der Waals surface area contributed by atoms with E-state index in [1.807, 2.05) is 11.8 Å². The molecular weight excluding hydrogens is 340 g/mol. The number of nitrogens with one attached hydrogen (secondary N) is 1. The average Bonchev–Trinajstić information content (AvgIpc) is 2.62. The van der Waals surface area contributed by atoms with Crippen LogP contribution in [0.15, 0.2) is 36.7 Å². The van der Waals surface area contributed by atoms with Crippen molar-refractivity contribution >= 4 is 29.1 Å². The Balaban J connectivity index is 1.86. The number of anilines is 3. The van der Waals surface area contributed by atoms with Crippen molar-refractivity contribution in [1.82, 2.24) is 14.9 Å². The summed E-state index contributed by atoms with van der Waals surface area (Å²) in [5.74, 6) is 0.691. The maximum Gasteiger partial charge on any atom is 0.407 e. The lowest BCUT2D eigenvalue weighted by Gasteiger charge is -2.38. The summed E-state index contributed by atoms with van der Waals surface area (Å²) in [4.78, 5) is 33.6. The second-order valence-electron chi connectivity index (χ2n) is 5.93. The first-order chi connectivity index (χ1) is 12.5. The SMILES string of the molecule is C[C@H]1CN(c2ccc([N+](=O)[O-])c(Nc3ccncc3)n2)CCN1C(=O)O. The molecule has 10 nitrogen and oxygen atoms in total. The number of hydrogen-bond acceptors (Lipinski definition) is 7. The van der Waals surface area contributed by atoms with Crippen LogP contribution in [0.25, 0.3) is 0 Å². The van der Waals surface area contributed by atoms with Gasteiger partial charge in [0.25, 0.3) is 0 Å². The topological polar surface area (TPSA) is 125 Å². The smallest absolute Gasteiger partial charge is 0.407 e. The molecule has 0 aromatic carbocycles. The van der Waals surface area contributed by atoms with Gasteiger partial charge in [-0.15, -0.1) is 0 Å². The van der Waals surface area contributed by atoms with Gasteiger partial charge in [-0.1, -0.05) is 0 Å². The number of rotatable bonds is 4. The Hall–Kier alpha value is -3.43. The fourth-order valence-corrected chi connectivity index (χ4v) is 2.88. The van der Waals surface area contributed by atoms with Crippen LogP contribution in [0.1, 0.15) is 6.92 Å². The Morgan fingerprint density at radius 1 is 1.31 bits per heavy atom. The number of hydrogen-bond donors (Lipinski definition) is 2. The Kier molecular flexibility index (Phi) is 4.83. The van der Waals surface area contributed by atoms with E-state index in [1.54, 1.807) is 30.6 Å². The second kappa shape index (κ2) is 7.21. The van der Waals surface area contributed by atoms with Gasteiger partial charge in [-0.05, 0) is 25.1 Å². The van der Waals surface area contributed by atoms with Crippen molar-refractivity contribution in [2.75, 3.05) is 29.9 Å². The Morgan fingerprint density at radius 2 is 2.04 bits per heavy atom. The standard InChI is InChI=1S/C16H18N6O4/c1-11-10-20(8-9-21(11)16(23)24)14-3-2-13(22(25)26)15(19-14)18-12-4-6-17-7-5-12/h2-7,11H,8-10H2,1H3,(H,23,24)(H,17,18,19)/t11-/m0/s1. The molecule has 2 N–H and O–H groups in total. The minimum absolute atomic E-state index is 0.131. The van der Waals surface area contributed by atoms with Crippen molar-refractivity contribution in [3.8, 4) is 0 Å². The first kappa shape index (κ1) is 17.4. The van der Waals surface area contributed by atoms with Gasteiger partial charge in [-0.2, -0.15) is 0 Å². The highest BCUT2D eigenvalue weighted by molar-refractivity contribution is 5.68. The summed E-state index contributed by atoms with van der Waals surface area (Å²) in [7, 11) is 0. The van der Waals surface area contributed by atoms with Crippen LogP contribution in [0, 0.1) is 10.1 Å². The number of carbonyl (C=O) groups is 1. The minimum atomic E-state index is -0.950. The van der Waals surface area contributed by atoms with E-state index in [0.717, 1.165) is 0 Å². The quantitative estimate of drug-likeness (QED) is 0.630. The van der Waals surface area contributed by atoms with Crippen molar-refractivity contribution in [2.45, 2.75) is 13.0 Å². The third kappa shape index (κ3) is 3.63. The lowest BCUT2D eigenvalue weighted by atomic mass is 10.2. The molecule has 136 valence electrons. The minimum Gasteiger partial charge on any atom is -0.465 e. The van der Waals surface area contributed by atoms with E-state index in [1.165, 1.54) is 11.0 Å². The fraction of sp³-hybridized carbons (Fsp3) is 0.312. The fourth-order valence-electron chi connectivity index (χ4n) is 2.88. The van der Waals surface area contributed by atoms with Gasteiger partial charge in [-0.3, -0.25) is 15.1 Å². The van der Waals surface area contributed by atoms with Gasteiger partial charge in [0.05, 0.1) is 4.92 Å². The second-order valence-corrected chi connectivity index (χ2v) is 5.93. The number of amides is 1. The monoisotopic (exact) mass is 358 g/mol. The van der Waals surface area contributed by atoms with E-state index in [9.17, 15) is 20.0 Å². The summed E-state index contributed by atoms with van der Waals surface area (Å²) in [6, 6.07) is 6.16. The molecule has 2 aromatic heterocycles. The third-order valence-electron chi connectivity index (χ3n) is 4.20. The predicted molar refractivity (Wildman–Crippen MR) is 94.8 cm³/mol. The van der Waals surface area contributed by atoms with E-state index in [4.69, 9.17) is 0 Å². The molecule has 3 heterocycles. The number of piperazine rings is 1. The molecule has 10 heteroatoms. The van der Waals surface area contributed by atoms with Crippen LogP contribution in [0.5, 0.6) is 0 Å². The van der Waals surface area contributed by atoms with Gasteiger partial charge in [0.15, 0.2) is 0 Å². The van der Waals surface area contributed by atoms with Gasteiger partial charge in [0.2, 0.25) is 5.82 Å². The third-order valence-corrected chi connectivity index (χ3v) is 4.20. The van der Waals surface area contributed by atoms with Crippen molar-refractivity contribution in [2.24, 2.45) is 0 Å². The molecule has 0 aliphatic carbocycles. The molecule has 1 aliphatic heterocycles. The summed E-state index contributed by atoms with van der Waals surface area (Å²) in [6.45, 7) is 3.10. The van der Waals surface area contributed by atoms with Crippen molar-refractivity contribution in [3.63, 3.8) is 0 Å². The molecule has 1 atom stereocenters. The summed E-state index contributed by atoms with van der Waals surface area (Å²) < 4.78 is 0. The lowest BCUT2D eigenvalue weighted by Crippen LogP contribution is -2.53. The molecule has 2 aromatic rings. The zero-order valence-electron chi connectivity index (χ0n) is 14.1. The zero-order valence-corrected chi connectivity index (χ0v) is 14.1. The van der Waals surface area contributed by atoms with Gasteiger partial charge in [-0.25, -0.2) is 9.78 Å². The maximum atomic E-state index is 11.3. The van der Waals surface area contributed by atoms with Gasteiger partial charge < -0.3 is 20.2 Å². The van der Waals surface area contributed by atoms with Crippen molar-refractivity contribution in [1.29, 1.82) is 0 Å². The largest absolute Gasteiger partial charge is 0.465 e. The molecule has 1 saturated heterocycles. The average molecular weight is 358 g/mol. The van der Waals surface area contributed by atoms with E-state index < -0.39 is 11.0 Å². The van der Waals surface area contributed by atoms with Gasteiger partial charge in [0.1, 0.15) is 5.82 Å². The molecule has 0 bridgehead atoms. The predicted octanol–water partition coefficient (Wildman–Crippen LogP) is 2.32. The van der Waals surface area contributed by atoms with Crippen molar-refractivity contribution < 1.29 is 14.8 Å². The summed E-state index contributed by atoms with van der Waals surface area (Å²) in [5.41, 5.74) is 0.500. The molecule has 0 spiro atoms. The molecule has 1 fully saturated rings. The Bertz CT molecular complexity index is 816. The first-order valence-electron chi connectivity index (χ1n) is 8.02.